The second-order valence-corrected chi connectivity index (χ2v) is 10.2. The quantitative estimate of drug-likeness (QED) is 0.462. The first-order chi connectivity index (χ1) is 18.4. The number of rotatable bonds is 6. The zero-order valence-corrected chi connectivity index (χ0v) is 22.7. The van der Waals surface area contributed by atoms with E-state index in [0.29, 0.717) is 37.7 Å². The number of carbonyl (C=O) groups is 2. The lowest BCUT2D eigenvalue weighted by Gasteiger charge is -2.28. The molecule has 0 aliphatic carbocycles. The van der Waals surface area contributed by atoms with Crippen LogP contribution in [-0.2, 0) is 17.9 Å². The van der Waals surface area contributed by atoms with Crippen molar-refractivity contribution in [2.75, 3.05) is 37.7 Å². The fraction of sp³-hybridized carbons (Fsp3) is 0.387. The first-order valence-electron chi connectivity index (χ1n) is 13.4. The standard InChI is InChI=1S/C31H38N4O3/c1-24(2)23-38-29-13-11-27(12-14-29)31(37)34-19-18-33(21-26-8-6-15-32-20-26)16-7-17-35(25(3)36)30-10-5-4-9-28(30)22-34/h4-6,8-15,20,24H,7,16-19,21-23H2,1-3H3. The van der Waals surface area contributed by atoms with E-state index in [1.54, 1.807) is 13.1 Å². The van der Waals surface area contributed by atoms with Crippen molar-refractivity contribution in [2.24, 2.45) is 5.92 Å². The van der Waals surface area contributed by atoms with Crippen LogP contribution in [0.1, 0.15) is 48.7 Å². The average Bonchev–Trinajstić information content (AvgIpc) is 2.95. The number of carbonyl (C=O) groups excluding carboxylic acids is 2. The Morgan fingerprint density at radius 1 is 0.947 bits per heavy atom. The minimum absolute atomic E-state index is 0.00497. The van der Waals surface area contributed by atoms with Gasteiger partial charge in [0.1, 0.15) is 5.75 Å². The van der Waals surface area contributed by atoms with Crippen molar-refractivity contribution in [3.05, 3.63) is 89.7 Å². The molecule has 0 spiro atoms. The molecule has 3 aromatic rings. The molecule has 0 atom stereocenters. The molecule has 0 radical (unpaired) electrons. The monoisotopic (exact) mass is 514 g/mol. The molecule has 7 heteroatoms. The number of para-hydroxylation sites is 1. The van der Waals surface area contributed by atoms with E-state index < -0.39 is 0 Å². The van der Waals surface area contributed by atoms with Crippen molar-refractivity contribution in [1.82, 2.24) is 14.8 Å². The van der Waals surface area contributed by atoms with E-state index >= 15 is 0 Å². The molecule has 0 saturated heterocycles. The van der Waals surface area contributed by atoms with Gasteiger partial charge in [-0.1, -0.05) is 38.1 Å². The molecule has 0 unspecified atom stereocenters. The summed E-state index contributed by atoms with van der Waals surface area (Å²) in [6, 6.07) is 19.3. The molecule has 200 valence electrons. The first-order valence-corrected chi connectivity index (χ1v) is 13.4. The van der Waals surface area contributed by atoms with E-state index in [-0.39, 0.29) is 11.8 Å². The van der Waals surface area contributed by atoms with Gasteiger partial charge in [-0.15, -0.1) is 0 Å². The predicted octanol–water partition coefficient (Wildman–Crippen LogP) is 5.02. The van der Waals surface area contributed by atoms with E-state index in [0.717, 1.165) is 48.6 Å². The van der Waals surface area contributed by atoms with Gasteiger partial charge in [0.25, 0.3) is 5.91 Å². The zero-order chi connectivity index (χ0) is 26.9. The van der Waals surface area contributed by atoms with Gasteiger partial charge in [0.15, 0.2) is 0 Å². The molecule has 1 aliphatic rings. The predicted molar refractivity (Wildman–Crippen MR) is 150 cm³/mol. The molecule has 0 saturated carbocycles. The normalized spacial score (nSPS) is 15.1. The van der Waals surface area contributed by atoms with E-state index in [9.17, 15) is 9.59 Å². The highest BCUT2D eigenvalue weighted by molar-refractivity contribution is 5.95. The molecule has 2 amide bonds. The van der Waals surface area contributed by atoms with Crippen LogP contribution in [0.15, 0.2) is 73.1 Å². The molecule has 0 N–H and O–H groups in total. The summed E-state index contributed by atoms with van der Waals surface area (Å²) >= 11 is 0. The van der Waals surface area contributed by atoms with Crippen LogP contribution < -0.4 is 9.64 Å². The zero-order valence-electron chi connectivity index (χ0n) is 22.7. The van der Waals surface area contributed by atoms with E-state index in [1.807, 2.05) is 70.6 Å². The Hall–Kier alpha value is -3.71. The topological polar surface area (TPSA) is 66.0 Å². The van der Waals surface area contributed by atoms with Gasteiger partial charge in [-0.3, -0.25) is 19.5 Å². The van der Waals surface area contributed by atoms with Crippen molar-refractivity contribution >= 4 is 17.5 Å². The summed E-state index contributed by atoms with van der Waals surface area (Å²) in [7, 11) is 0. The third-order valence-electron chi connectivity index (χ3n) is 6.67. The highest BCUT2D eigenvalue weighted by Crippen LogP contribution is 2.25. The number of amides is 2. The third-order valence-corrected chi connectivity index (χ3v) is 6.67. The van der Waals surface area contributed by atoms with Gasteiger partial charge in [-0.25, -0.2) is 0 Å². The van der Waals surface area contributed by atoms with Crippen LogP contribution in [0.25, 0.3) is 0 Å². The fourth-order valence-corrected chi connectivity index (χ4v) is 4.69. The Labute approximate surface area is 226 Å². The number of ether oxygens (including phenoxy) is 1. The molecular weight excluding hydrogens is 476 g/mol. The van der Waals surface area contributed by atoms with Crippen molar-refractivity contribution in [1.29, 1.82) is 0 Å². The molecule has 1 aliphatic heterocycles. The van der Waals surface area contributed by atoms with Crippen molar-refractivity contribution in [3.63, 3.8) is 0 Å². The summed E-state index contributed by atoms with van der Waals surface area (Å²) in [5.41, 5.74) is 3.59. The number of hydrogen-bond donors (Lipinski definition) is 0. The summed E-state index contributed by atoms with van der Waals surface area (Å²) in [5, 5.41) is 0. The Morgan fingerprint density at radius 2 is 1.74 bits per heavy atom. The smallest absolute Gasteiger partial charge is 0.254 e. The Balaban J connectivity index is 1.61. The molecule has 0 fully saturated rings. The molecule has 7 nitrogen and oxygen atoms in total. The summed E-state index contributed by atoms with van der Waals surface area (Å²) in [5.74, 6) is 1.16. The van der Waals surface area contributed by atoms with Crippen LogP contribution in [0.5, 0.6) is 5.75 Å². The average molecular weight is 515 g/mol. The largest absolute Gasteiger partial charge is 0.493 e. The fourth-order valence-electron chi connectivity index (χ4n) is 4.69. The van der Waals surface area contributed by atoms with Gasteiger partial charge in [-0.05, 0) is 59.9 Å². The summed E-state index contributed by atoms with van der Waals surface area (Å²) < 4.78 is 5.81. The van der Waals surface area contributed by atoms with E-state index in [2.05, 4.69) is 29.8 Å². The van der Waals surface area contributed by atoms with Gasteiger partial charge in [0.05, 0.1) is 6.61 Å². The molecule has 4 rings (SSSR count). The Morgan fingerprint density at radius 3 is 2.45 bits per heavy atom. The molecule has 38 heavy (non-hydrogen) atoms. The SMILES string of the molecule is CC(=O)N1CCCN(Cc2cccnc2)CCN(C(=O)c2ccc(OCC(C)C)cc2)Cc2ccccc21. The maximum Gasteiger partial charge on any atom is 0.254 e. The van der Waals surface area contributed by atoms with Gasteiger partial charge < -0.3 is 14.5 Å². The Bertz CT molecular complexity index is 1200. The molecule has 1 aromatic heterocycles. The maximum absolute atomic E-state index is 13.8. The minimum Gasteiger partial charge on any atom is -0.493 e. The van der Waals surface area contributed by atoms with Gasteiger partial charge in [-0.2, -0.15) is 0 Å². The number of anilines is 1. The number of benzene rings is 2. The van der Waals surface area contributed by atoms with E-state index in [1.165, 1.54) is 0 Å². The summed E-state index contributed by atoms with van der Waals surface area (Å²) in [4.78, 5) is 36.8. The van der Waals surface area contributed by atoms with Crippen LogP contribution in [0.3, 0.4) is 0 Å². The van der Waals surface area contributed by atoms with Gasteiger partial charge in [0.2, 0.25) is 5.91 Å². The maximum atomic E-state index is 13.8. The van der Waals surface area contributed by atoms with Crippen LogP contribution in [0, 0.1) is 5.92 Å². The second kappa shape index (κ2) is 13.2. The van der Waals surface area contributed by atoms with Crippen molar-refractivity contribution < 1.29 is 14.3 Å². The lowest BCUT2D eigenvalue weighted by Crippen LogP contribution is -2.38. The minimum atomic E-state index is -0.0369. The summed E-state index contributed by atoms with van der Waals surface area (Å²) in [6.45, 7) is 10.3. The van der Waals surface area contributed by atoms with Crippen LogP contribution in [-0.4, -0.2) is 59.4 Å². The lowest BCUT2D eigenvalue weighted by atomic mass is 10.1. The molecular formula is C31H38N4O3. The summed E-state index contributed by atoms with van der Waals surface area (Å²) in [6.07, 6.45) is 4.49. The number of aromatic nitrogens is 1. The first kappa shape index (κ1) is 27.3. The van der Waals surface area contributed by atoms with Gasteiger partial charge >= 0.3 is 0 Å². The van der Waals surface area contributed by atoms with Crippen LogP contribution in [0.2, 0.25) is 0 Å². The lowest BCUT2D eigenvalue weighted by molar-refractivity contribution is -0.116. The number of nitrogens with zero attached hydrogens (tertiary/aromatic N) is 4. The van der Waals surface area contributed by atoms with Gasteiger partial charge in [0, 0.05) is 69.8 Å². The van der Waals surface area contributed by atoms with Crippen molar-refractivity contribution in [3.8, 4) is 5.75 Å². The van der Waals surface area contributed by atoms with Crippen molar-refractivity contribution in [2.45, 2.75) is 40.3 Å². The number of pyridine rings is 1. The van der Waals surface area contributed by atoms with Crippen LogP contribution >= 0.6 is 0 Å². The third kappa shape index (κ3) is 7.42. The van der Waals surface area contributed by atoms with Crippen LogP contribution in [0.4, 0.5) is 5.69 Å². The molecule has 2 heterocycles. The molecule has 2 aromatic carbocycles. The molecule has 0 bridgehead atoms. The Kier molecular flexibility index (Phi) is 9.49. The highest BCUT2D eigenvalue weighted by Gasteiger charge is 2.23. The second-order valence-electron chi connectivity index (χ2n) is 10.2. The number of hydrogen-bond acceptors (Lipinski definition) is 5. The highest BCUT2D eigenvalue weighted by atomic mass is 16.5. The number of fused-ring (bicyclic) bond motifs is 1. The van der Waals surface area contributed by atoms with E-state index in [4.69, 9.17) is 4.74 Å².